The molecule has 2 aromatic heterocycles. The molecule has 4 rings (SSSR count). The third kappa shape index (κ3) is 3.90. The SMILES string of the molecule is COc1cc2c(cc1CC(C)C)-c1c(c(C(=O)N(C)C(C)(C)C)nn1-c1ccsc1)CO2. The third-order valence-electron chi connectivity index (χ3n) is 5.89. The zero-order valence-corrected chi connectivity index (χ0v) is 20.7. The summed E-state index contributed by atoms with van der Waals surface area (Å²) in [4.78, 5) is 15.2. The smallest absolute Gasteiger partial charge is 0.274 e. The topological polar surface area (TPSA) is 56.6 Å². The Kier molecular flexibility index (Phi) is 5.79. The second kappa shape index (κ2) is 8.28. The van der Waals surface area contributed by atoms with Crippen molar-refractivity contribution in [1.82, 2.24) is 14.7 Å². The molecule has 1 aromatic carbocycles. The highest BCUT2D eigenvalue weighted by molar-refractivity contribution is 7.08. The number of rotatable bonds is 5. The summed E-state index contributed by atoms with van der Waals surface area (Å²) in [7, 11) is 3.51. The molecule has 6 nitrogen and oxygen atoms in total. The fourth-order valence-electron chi connectivity index (χ4n) is 3.91. The van der Waals surface area contributed by atoms with Crippen LogP contribution in [0.2, 0.25) is 0 Å². The van der Waals surface area contributed by atoms with E-state index < -0.39 is 0 Å². The molecule has 0 unspecified atom stereocenters. The van der Waals surface area contributed by atoms with Crippen molar-refractivity contribution in [2.45, 2.75) is 53.2 Å². The fraction of sp³-hybridized carbons (Fsp3) is 0.440. The highest BCUT2D eigenvalue weighted by atomic mass is 32.1. The van der Waals surface area contributed by atoms with Crippen LogP contribution in [0, 0.1) is 5.92 Å². The Morgan fingerprint density at radius 3 is 2.69 bits per heavy atom. The Labute approximate surface area is 193 Å². The predicted octanol–water partition coefficient (Wildman–Crippen LogP) is 5.57. The maximum Gasteiger partial charge on any atom is 0.274 e. The lowest BCUT2D eigenvalue weighted by Gasteiger charge is -2.31. The molecule has 0 N–H and O–H groups in total. The van der Waals surface area contributed by atoms with E-state index in [1.807, 2.05) is 55.4 Å². The molecule has 0 spiro atoms. The summed E-state index contributed by atoms with van der Waals surface area (Å²) in [5.41, 5.74) is 4.87. The van der Waals surface area contributed by atoms with Gasteiger partial charge in [-0.3, -0.25) is 4.79 Å². The largest absolute Gasteiger partial charge is 0.496 e. The lowest BCUT2D eigenvalue weighted by molar-refractivity contribution is 0.0646. The maximum atomic E-state index is 13.4. The zero-order valence-electron chi connectivity index (χ0n) is 19.9. The summed E-state index contributed by atoms with van der Waals surface area (Å²) in [5, 5.41) is 8.88. The molecular formula is C25H31N3O3S. The van der Waals surface area contributed by atoms with Gasteiger partial charge in [-0.15, -0.1) is 0 Å². The third-order valence-corrected chi connectivity index (χ3v) is 6.56. The molecule has 0 atom stereocenters. The highest BCUT2D eigenvalue weighted by Gasteiger charge is 2.34. The maximum absolute atomic E-state index is 13.4. The molecule has 0 fully saturated rings. The Morgan fingerprint density at radius 2 is 2.09 bits per heavy atom. The van der Waals surface area contributed by atoms with Crippen molar-refractivity contribution in [3.05, 3.63) is 45.8 Å². The molecule has 3 aromatic rings. The summed E-state index contributed by atoms with van der Waals surface area (Å²) in [5.74, 6) is 1.95. The van der Waals surface area contributed by atoms with Gasteiger partial charge in [0.2, 0.25) is 0 Å². The van der Waals surface area contributed by atoms with Crippen LogP contribution in [0.5, 0.6) is 11.5 Å². The minimum Gasteiger partial charge on any atom is -0.496 e. The van der Waals surface area contributed by atoms with Crippen LogP contribution in [-0.4, -0.2) is 40.3 Å². The van der Waals surface area contributed by atoms with Crippen molar-refractivity contribution in [3.8, 4) is 28.4 Å². The molecule has 0 radical (unpaired) electrons. The average molecular weight is 454 g/mol. The van der Waals surface area contributed by atoms with E-state index in [2.05, 4.69) is 19.9 Å². The molecule has 1 aliphatic heterocycles. The Hall–Kier alpha value is -2.80. The molecule has 1 amide bonds. The van der Waals surface area contributed by atoms with E-state index in [-0.39, 0.29) is 18.1 Å². The predicted molar refractivity (Wildman–Crippen MR) is 128 cm³/mol. The van der Waals surface area contributed by atoms with Crippen LogP contribution < -0.4 is 9.47 Å². The number of carbonyl (C=O) groups excluding carboxylic acids is 1. The molecule has 7 heteroatoms. The summed E-state index contributed by atoms with van der Waals surface area (Å²) in [6.45, 7) is 10.7. The monoisotopic (exact) mass is 453 g/mol. The van der Waals surface area contributed by atoms with Crippen molar-refractivity contribution in [2.75, 3.05) is 14.2 Å². The van der Waals surface area contributed by atoms with Crippen molar-refractivity contribution < 1.29 is 14.3 Å². The zero-order chi connectivity index (χ0) is 23.2. The number of aromatic nitrogens is 2. The molecule has 0 bridgehead atoms. The van der Waals surface area contributed by atoms with Crippen LogP contribution in [0.1, 0.15) is 56.2 Å². The van der Waals surface area contributed by atoms with Gasteiger partial charge in [-0.25, -0.2) is 4.68 Å². The quantitative estimate of drug-likeness (QED) is 0.507. The number of nitrogens with zero attached hydrogens (tertiary/aromatic N) is 3. The summed E-state index contributed by atoms with van der Waals surface area (Å²) in [6.07, 6.45) is 0.886. The first-order chi connectivity index (χ1) is 15.1. The number of benzene rings is 1. The number of amides is 1. The van der Waals surface area contributed by atoms with Crippen molar-refractivity contribution in [1.29, 1.82) is 0 Å². The number of ether oxygens (including phenoxy) is 2. The Morgan fingerprint density at radius 1 is 1.34 bits per heavy atom. The normalized spacial score (nSPS) is 12.9. The molecule has 0 saturated carbocycles. The van der Waals surface area contributed by atoms with Gasteiger partial charge in [0.25, 0.3) is 5.91 Å². The molecule has 32 heavy (non-hydrogen) atoms. The van der Waals surface area contributed by atoms with Crippen molar-refractivity contribution in [3.63, 3.8) is 0 Å². The minimum absolute atomic E-state index is 0.106. The molecule has 170 valence electrons. The van der Waals surface area contributed by atoms with Gasteiger partial charge < -0.3 is 14.4 Å². The van der Waals surface area contributed by atoms with E-state index in [0.29, 0.717) is 11.6 Å². The first kappa shape index (κ1) is 22.4. The van der Waals surface area contributed by atoms with E-state index in [4.69, 9.17) is 14.6 Å². The van der Waals surface area contributed by atoms with Gasteiger partial charge >= 0.3 is 0 Å². The molecule has 0 aliphatic carbocycles. The van der Waals surface area contributed by atoms with Crippen LogP contribution in [0.3, 0.4) is 0 Å². The minimum atomic E-state index is -0.318. The Balaban J connectivity index is 1.94. The fourth-order valence-corrected chi connectivity index (χ4v) is 4.53. The molecule has 3 heterocycles. The molecule has 0 saturated heterocycles. The Bertz CT molecular complexity index is 1140. The van der Waals surface area contributed by atoms with E-state index in [0.717, 1.165) is 46.0 Å². The van der Waals surface area contributed by atoms with Gasteiger partial charge in [0.05, 0.1) is 18.5 Å². The molecular weight excluding hydrogens is 422 g/mol. The lowest BCUT2D eigenvalue weighted by atomic mass is 9.95. The van der Waals surface area contributed by atoms with Crippen molar-refractivity contribution >= 4 is 17.2 Å². The van der Waals surface area contributed by atoms with E-state index >= 15 is 0 Å². The highest BCUT2D eigenvalue weighted by Crippen LogP contribution is 2.44. The second-order valence-electron chi connectivity index (χ2n) is 9.65. The number of hydrogen-bond donors (Lipinski definition) is 0. The number of hydrogen-bond acceptors (Lipinski definition) is 5. The number of fused-ring (bicyclic) bond motifs is 3. The van der Waals surface area contributed by atoms with Gasteiger partial charge in [-0.2, -0.15) is 16.4 Å². The van der Waals surface area contributed by atoms with Crippen LogP contribution in [0.25, 0.3) is 16.9 Å². The van der Waals surface area contributed by atoms with Crippen LogP contribution in [-0.2, 0) is 13.0 Å². The molecule has 1 aliphatic rings. The van der Waals surface area contributed by atoms with E-state index in [1.165, 1.54) is 0 Å². The number of carbonyl (C=O) groups is 1. The standard InChI is InChI=1S/C25H31N3O3S/c1-15(2)10-16-11-18-21(12-20(16)30-7)31-13-19-22(24(29)27(6)25(3,4)5)26-28(23(18)19)17-8-9-32-14-17/h8-9,11-12,14-15H,10,13H2,1-7H3. The van der Waals surface area contributed by atoms with Gasteiger partial charge in [0, 0.05) is 35.2 Å². The van der Waals surface area contributed by atoms with Crippen LogP contribution in [0.15, 0.2) is 29.0 Å². The number of thiophene rings is 1. The summed E-state index contributed by atoms with van der Waals surface area (Å²) < 4.78 is 13.7. The first-order valence-electron chi connectivity index (χ1n) is 10.9. The second-order valence-corrected chi connectivity index (χ2v) is 10.4. The van der Waals surface area contributed by atoms with E-state index in [9.17, 15) is 4.79 Å². The average Bonchev–Trinajstić information content (AvgIpc) is 3.38. The van der Waals surface area contributed by atoms with Crippen molar-refractivity contribution in [2.24, 2.45) is 5.92 Å². The van der Waals surface area contributed by atoms with Gasteiger partial charge in [-0.1, -0.05) is 13.8 Å². The lowest BCUT2D eigenvalue weighted by Crippen LogP contribution is -2.43. The number of methoxy groups -OCH3 is 1. The van der Waals surface area contributed by atoms with Crippen LogP contribution in [0.4, 0.5) is 0 Å². The van der Waals surface area contributed by atoms with Gasteiger partial charge in [0.1, 0.15) is 18.1 Å². The summed E-state index contributed by atoms with van der Waals surface area (Å²) >= 11 is 1.60. The summed E-state index contributed by atoms with van der Waals surface area (Å²) in [6, 6.07) is 6.12. The van der Waals surface area contributed by atoms with Crippen LogP contribution >= 0.6 is 11.3 Å². The first-order valence-corrected chi connectivity index (χ1v) is 11.8. The van der Waals surface area contributed by atoms with E-state index in [1.54, 1.807) is 23.3 Å². The van der Waals surface area contributed by atoms with Gasteiger partial charge in [-0.05, 0) is 56.2 Å². The van der Waals surface area contributed by atoms with Gasteiger partial charge in [0.15, 0.2) is 5.69 Å².